The van der Waals surface area contributed by atoms with Crippen molar-refractivity contribution in [2.75, 3.05) is 19.0 Å². The average molecular weight is 640 g/mol. The largest absolute Gasteiger partial charge is 0.453 e. The number of imidazole rings is 2. The van der Waals surface area contributed by atoms with Gasteiger partial charge in [0.05, 0.1) is 36.9 Å². The van der Waals surface area contributed by atoms with E-state index < -0.39 is 12.1 Å². The standard InChI is InChI=1S/C36H45N7O4/c1-6-43(34(45)31(22(2)3)41-36(46)47-5)23(4)32-37-20-29(39-32)26-16-12-24(13-17-26)25-14-18-27(19-15-25)30-21-38-35(40-30)42-33(44)28-10-8-7-9-11-28/h12-23,28,31H,6-11H2,1-5H3,(H,37,39)(H,41,46)(H2,38,40,42,44). The summed E-state index contributed by atoms with van der Waals surface area (Å²) in [7, 11) is 1.28. The number of alkyl carbamates (subject to hydrolysis) is 1. The third-order valence-electron chi connectivity index (χ3n) is 8.99. The van der Waals surface area contributed by atoms with Crippen molar-refractivity contribution in [2.24, 2.45) is 11.8 Å². The van der Waals surface area contributed by atoms with Crippen molar-refractivity contribution in [1.29, 1.82) is 0 Å². The summed E-state index contributed by atoms with van der Waals surface area (Å²) in [6.07, 6.45) is 8.21. The van der Waals surface area contributed by atoms with Crippen molar-refractivity contribution in [3.8, 4) is 33.6 Å². The number of nitrogens with one attached hydrogen (secondary N) is 4. The Morgan fingerprint density at radius 2 is 1.40 bits per heavy atom. The highest BCUT2D eigenvalue weighted by molar-refractivity contribution is 5.91. The van der Waals surface area contributed by atoms with Crippen LogP contribution < -0.4 is 10.6 Å². The number of methoxy groups -OCH3 is 1. The lowest BCUT2D eigenvalue weighted by atomic mass is 9.89. The highest BCUT2D eigenvalue weighted by atomic mass is 16.5. The molecule has 1 fully saturated rings. The predicted octanol–water partition coefficient (Wildman–Crippen LogP) is 6.94. The minimum absolute atomic E-state index is 0.0492. The van der Waals surface area contributed by atoms with Gasteiger partial charge < -0.3 is 24.9 Å². The van der Waals surface area contributed by atoms with E-state index in [4.69, 9.17) is 4.74 Å². The number of aromatic nitrogens is 4. The molecule has 2 aromatic carbocycles. The van der Waals surface area contributed by atoms with E-state index in [2.05, 4.69) is 54.8 Å². The molecule has 4 N–H and O–H groups in total. The molecule has 0 radical (unpaired) electrons. The van der Waals surface area contributed by atoms with Crippen molar-refractivity contribution in [3.05, 3.63) is 66.7 Å². The van der Waals surface area contributed by atoms with E-state index in [1.54, 1.807) is 17.3 Å². The van der Waals surface area contributed by atoms with Crippen molar-refractivity contribution < 1.29 is 19.1 Å². The number of carbonyl (C=O) groups is 3. The molecule has 2 aromatic heterocycles. The number of benzene rings is 2. The summed E-state index contributed by atoms with van der Waals surface area (Å²) in [5, 5.41) is 5.61. The fourth-order valence-electron chi connectivity index (χ4n) is 6.14. The van der Waals surface area contributed by atoms with Crippen LogP contribution in [0.15, 0.2) is 60.9 Å². The Morgan fingerprint density at radius 3 is 1.96 bits per heavy atom. The fraction of sp³-hybridized carbons (Fsp3) is 0.417. The van der Waals surface area contributed by atoms with Gasteiger partial charge in [-0.05, 0) is 54.9 Å². The molecular formula is C36H45N7O4. The summed E-state index contributed by atoms with van der Waals surface area (Å²) in [6.45, 7) is 8.05. The lowest BCUT2D eigenvalue weighted by molar-refractivity contribution is -0.136. The molecule has 2 heterocycles. The topological polar surface area (TPSA) is 145 Å². The van der Waals surface area contributed by atoms with E-state index in [0.29, 0.717) is 18.3 Å². The summed E-state index contributed by atoms with van der Waals surface area (Å²) in [5.41, 5.74) is 5.78. The van der Waals surface area contributed by atoms with Gasteiger partial charge in [0, 0.05) is 12.5 Å². The van der Waals surface area contributed by atoms with Crippen molar-refractivity contribution in [2.45, 2.75) is 71.9 Å². The lowest BCUT2D eigenvalue weighted by Crippen LogP contribution is -2.51. The smallest absolute Gasteiger partial charge is 0.407 e. The Morgan fingerprint density at radius 1 is 0.851 bits per heavy atom. The van der Waals surface area contributed by atoms with Crippen LogP contribution >= 0.6 is 0 Å². The summed E-state index contributed by atoms with van der Waals surface area (Å²) in [4.78, 5) is 55.2. The number of H-pyrrole nitrogens is 2. The number of hydrogen-bond acceptors (Lipinski definition) is 6. The zero-order valence-corrected chi connectivity index (χ0v) is 27.8. The predicted molar refractivity (Wildman–Crippen MR) is 182 cm³/mol. The molecule has 0 aliphatic heterocycles. The van der Waals surface area contributed by atoms with Crippen molar-refractivity contribution in [1.82, 2.24) is 30.2 Å². The molecule has 4 aromatic rings. The van der Waals surface area contributed by atoms with Crippen molar-refractivity contribution >= 4 is 23.9 Å². The van der Waals surface area contributed by atoms with Crippen LogP contribution in [0.1, 0.15) is 71.7 Å². The number of aromatic amines is 2. The molecule has 5 rings (SSSR count). The normalized spacial score (nSPS) is 14.8. The second kappa shape index (κ2) is 15.1. The summed E-state index contributed by atoms with van der Waals surface area (Å²) >= 11 is 0. The van der Waals surface area contributed by atoms with Crippen LogP contribution in [0.2, 0.25) is 0 Å². The number of amides is 3. The van der Waals surface area contributed by atoms with E-state index >= 15 is 0 Å². The second-order valence-electron chi connectivity index (χ2n) is 12.5. The first-order valence-corrected chi connectivity index (χ1v) is 16.5. The van der Waals surface area contributed by atoms with E-state index in [-0.39, 0.29) is 29.7 Å². The van der Waals surface area contributed by atoms with Crippen LogP contribution in [0.3, 0.4) is 0 Å². The molecular weight excluding hydrogens is 594 g/mol. The quantitative estimate of drug-likeness (QED) is 0.140. The van der Waals surface area contributed by atoms with Crippen LogP contribution in [0.4, 0.5) is 10.7 Å². The Labute approximate surface area is 275 Å². The monoisotopic (exact) mass is 639 g/mol. The molecule has 1 saturated carbocycles. The van der Waals surface area contributed by atoms with Crippen LogP contribution in [0.5, 0.6) is 0 Å². The molecule has 0 spiro atoms. The Kier molecular flexibility index (Phi) is 10.7. The average Bonchev–Trinajstić information content (AvgIpc) is 3.78. The summed E-state index contributed by atoms with van der Waals surface area (Å²) in [5.74, 6) is 0.955. The molecule has 2 unspecified atom stereocenters. The van der Waals surface area contributed by atoms with E-state index in [0.717, 1.165) is 59.3 Å². The van der Waals surface area contributed by atoms with E-state index in [1.165, 1.54) is 13.5 Å². The van der Waals surface area contributed by atoms with Gasteiger partial charge in [0.25, 0.3) is 0 Å². The minimum atomic E-state index is -0.712. The Bertz CT molecular complexity index is 1650. The van der Waals surface area contributed by atoms with E-state index in [1.807, 2.05) is 52.0 Å². The molecule has 11 heteroatoms. The van der Waals surface area contributed by atoms with Gasteiger partial charge in [-0.25, -0.2) is 14.8 Å². The first kappa shape index (κ1) is 33.4. The minimum Gasteiger partial charge on any atom is -0.453 e. The van der Waals surface area contributed by atoms with Crippen molar-refractivity contribution in [3.63, 3.8) is 0 Å². The maximum atomic E-state index is 13.4. The molecule has 1 aliphatic carbocycles. The lowest BCUT2D eigenvalue weighted by Gasteiger charge is -2.32. The van der Waals surface area contributed by atoms with Gasteiger partial charge in [-0.15, -0.1) is 0 Å². The van der Waals surface area contributed by atoms with Gasteiger partial charge in [-0.2, -0.15) is 0 Å². The fourth-order valence-corrected chi connectivity index (χ4v) is 6.14. The molecule has 1 aliphatic rings. The molecule has 2 atom stereocenters. The number of likely N-dealkylation sites (N-methyl/N-ethyl adjacent to an activating group) is 1. The number of carbonyl (C=O) groups excluding carboxylic acids is 3. The Balaban J connectivity index is 1.22. The van der Waals surface area contributed by atoms with Crippen LogP contribution in [0.25, 0.3) is 33.6 Å². The Hall–Kier alpha value is -4.93. The zero-order valence-electron chi connectivity index (χ0n) is 27.8. The van der Waals surface area contributed by atoms with Gasteiger partial charge in [0.2, 0.25) is 17.8 Å². The SMILES string of the molecule is CCN(C(=O)C(NC(=O)OC)C(C)C)C(C)c1ncc(-c2ccc(-c3ccc(-c4cnc(NC(=O)C5CCCCC5)[nH]4)cc3)cc2)[nH]1. The first-order valence-electron chi connectivity index (χ1n) is 16.5. The molecule has 0 bridgehead atoms. The molecule has 0 saturated heterocycles. The van der Waals surface area contributed by atoms with Gasteiger partial charge in [-0.1, -0.05) is 81.6 Å². The van der Waals surface area contributed by atoms with Crippen LogP contribution in [0, 0.1) is 11.8 Å². The van der Waals surface area contributed by atoms with Crippen LogP contribution in [-0.2, 0) is 14.3 Å². The van der Waals surface area contributed by atoms with Gasteiger partial charge in [-0.3, -0.25) is 14.9 Å². The van der Waals surface area contributed by atoms with Gasteiger partial charge in [0.15, 0.2) is 0 Å². The highest BCUT2D eigenvalue weighted by Gasteiger charge is 2.32. The van der Waals surface area contributed by atoms with Crippen LogP contribution in [-0.4, -0.2) is 62.4 Å². The number of nitrogens with zero attached hydrogens (tertiary/aromatic N) is 3. The third kappa shape index (κ3) is 7.90. The summed E-state index contributed by atoms with van der Waals surface area (Å²) in [6, 6.07) is 15.4. The number of ether oxygens (including phenoxy) is 1. The second-order valence-corrected chi connectivity index (χ2v) is 12.5. The number of anilines is 1. The number of hydrogen-bond donors (Lipinski definition) is 4. The maximum absolute atomic E-state index is 13.4. The third-order valence-corrected chi connectivity index (χ3v) is 8.99. The molecule has 11 nitrogen and oxygen atoms in total. The first-order chi connectivity index (χ1) is 22.7. The maximum Gasteiger partial charge on any atom is 0.407 e. The molecule has 248 valence electrons. The summed E-state index contributed by atoms with van der Waals surface area (Å²) < 4.78 is 4.73. The van der Waals surface area contributed by atoms with Gasteiger partial charge >= 0.3 is 6.09 Å². The molecule has 3 amide bonds. The molecule has 47 heavy (non-hydrogen) atoms. The number of rotatable bonds is 11. The zero-order chi connectivity index (χ0) is 33.5. The van der Waals surface area contributed by atoms with E-state index in [9.17, 15) is 14.4 Å². The highest BCUT2D eigenvalue weighted by Crippen LogP contribution is 2.29. The van der Waals surface area contributed by atoms with Gasteiger partial charge in [0.1, 0.15) is 11.9 Å².